The Balaban J connectivity index is 1.98. The van der Waals surface area contributed by atoms with Crippen LogP contribution >= 0.6 is 0 Å². The van der Waals surface area contributed by atoms with E-state index in [2.05, 4.69) is 10.6 Å². The highest BCUT2D eigenvalue weighted by Gasteiger charge is 2.36. The molecule has 0 radical (unpaired) electrons. The van der Waals surface area contributed by atoms with Crippen molar-refractivity contribution in [3.05, 3.63) is 0 Å². The molecule has 2 heterocycles. The average Bonchev–Trinajstić information content (AvgIpc) is 2.10. The summed E-state index contributed by atoms with van der Waals surface area (Å²) in [5.74, 6) is -0.144. The van der Waals surface area contributed by atoms with Gasteiger partial charge in [0.2, 0.25) is 5.91 Å². The Morgan fingerprint density at radius 2 is 2.00 bits per heavy atom. The van der Waals surface area contributed by atoms with Crippen molar-refractivity contribution in [1.82, 2.24) is 10.6 Å². The highest BCUT2D eigenvalue weighted by Crippen LogP contribution is 2.19. The summed E-state index contributed by atoms with van der Waals surface area (Å²) in [6.07, 6.45) is 2.01. The fourth-order valence-electron chi connectivity index (χ4n) is 1.93. The second kappa shape index (κ2) is 4.09. The zero-order chi connectivity index (χ0) is 10.9. The van der Waals surface area contributed by atoms with Crippen LogP contribution in [0.15, 0.2) is 0 Å². The lowest BCUT2D eigenvalue weighted by molar-refractivity contribution is -0.121. The van der Waals surface area contributed by atoms with Gasteiger partial charge in [-0.25, -0.2) is 8.42 Å². The van der Waals surface area contributed by atoms with Gasteiger partial charge < -0.3 is 10.6 Å². The minimum absolute atomic E-state index is 0.120. The van der Waals surface area contributed by atoms with E-state index < -0.39 is 15.1 Å². The van der Waals surface area contributed by atoms with Crippen molar-refractivity contribution in [2.24, 2.45) is 0 Å². The molecule has 15 heavy (non-hydrogen) atoms. The maximum Gasteiger partial charge on any atom is 0.238 e. The summed E-state index contributed by atoms with van der Waals surface area (Å²) in [7, 11) is -3.18. The van der Waals surface area contributed by atoms with E-state index in [0.29, 0.717) is 12.8 Å². The molecular formula is C9H16N2O3S. The molecule has 2 saturated heterocycles. The monoisotopic (exact) mass is 232 g/mol. The smallest absolute Gasteiger partial charge is 0.238 e. The van der Waals surface area contributed by atoms with E-state index >= 15 is 0 Å². The molecule has 2 aliphatic heterocycles. The lowest BCUT2D eigenvalue weighted by Crippen LogP contribution is -2.59. The number of rotatable bonds is 2. The van der Waals surface area contributed by atoms with Gasteiger partial charge in [-0.05, 0) is 12.8 Å². The van der Waals surface area contributed by atoms with Gasteiger partial charge in [-0.15, -0.1) is 0 Å². The largest absolute Gasteiger partial charge is 0.350 e. The number of nitrogens with one attached hydrogen (secondary N) is 2. The Morgan fingerprint density at radius 1 is 1.27 bits per heavy atom. The summed E-state index contributed by atoms with van der Waals surface area (Å²) in [5, 5.41) is 4.99. The molecule has 1 atom stereocenters. The van der Waals surface area contributed by atoms with Crippen LogP contribution < -0.4 is 10.6 Å². The van der Waals surface area contributed by atoms with E-state index in [9.17, 15) is 13.2 Å². The molecule has 2 N–H and O–H groups in total. The Labute approximate surface area is 89.5 Å². The van der Waals surface area contributed by atoms with Crippen LogP contribution in [0.2, 0.25) is 0 Å². The molecule has 0 aromatic carbocycles. The molecule has 2 aliphatic rings. The van der Waals surface area contributed by atoms with E-state index in [1.54, 1.807) is 0 Å². The minimum Gasteiger partial charge on any atom is -0.350 e. The lowest BCUT2D eigenvalue weighted by atomic mass is 10.1. The lowest BCUT2D eigenvalue weighted by Gasteiger charge is -2.30. The minimum atomic E-state index is -3.18. The predicted molar refractivity (Wildman–Crippen MR) is 56.2 cm³/mol. The van der Waals surface area contributed by atoms with Gasteiger partial charge in [0.1, 0.15) is 5.25 Å². The molecule has 0 bridgehead atoms. The molecule has 2 rings (SSSR count). The van der Waals surface area contributed by atoms with E-state index in [1.807, 2.05) is 0 Å². The Bertz CT molecular complexity index is 348. The van der Waals surface area contributed by atoms with Gasteiger partial charge in [0.15, 0.2) is 9.84 Å². The van der Waals surface area contributed by atoms with Crippen molar-refractivity contribution in [1.29, 1.82) is 0 Å². The van der Waals surface area contributed by atoms with Crippen LogP contribution in [0.4, 0.5) is 0 Å². The summed E-state index contributed by atoms with van der Waals surface area (Å²) in [4.78, 5) is 11.7. The first-order valence-corrected chi connectivity index (χ1v) is 7.04. The number of hydrogen-bond donors (Lipinski definition) is 2. The van der Waals surface area contributed by atoms with Crippen molar-refractivity contribution in [2.75, 3.05) is 18.8 Å². The Kier molecular flexibility index (Phi) is 2.97. The van der Waals surface area contributed by atoms with Crippen LogP contribution in [-0.2, 0) is 14.6 Å². The number of carbonyl (C=O) groups excluding carboxylic acids is 1. The van der Waals surface area contributed by atoms with Crippen LogP contribution in [0.25, 0.3) is 0 Å². The van der Waals surface area contributed by atoms with Gasteiger partial charge in [0.25, 0.3) is 0 Å². The van der Waals surface area contributed by atoms with E-state index in [1.165, 1.54) is 0 Å². The fourth-order valence-corrected chi connectivity index (χ4v) is 3.74. The van der Waals surface area contributed by atoms with Gasteiger partial charge >= 0.3 is 0 Å². The second-order valence-corrected chi connectivity index (χ2v) is 6.52. The molecule has 0 aliphatic carbocycles. The number of hydrogen-bond acceptors (Lipinski definition) is 4. The van der Waals surface area contributed by atoms with Crippen molar-refractivity contribution in [3.63, 3.8) is 0 Å². The normalized spacial score (nSPS) is 30.5. The number of amides is 1. The number of carbonyl (C=O) groups is 1. The van der Waals surface area contributed by atoms with Crippen molar-refractivity contribution in [2.45, 2.75) is 30.6 Å². The van der Waals surface area contributed by atoms with E-state index in [-0.39, 0.29) is 17.7 Å². The highest BCUT2D eigenvalue weighted by atomic mass is 32.2. The van der Waals surface area contributed by atoms with Crippen LogP contribution in [0.5, 0.6) is 0 Å². The Hall–Kier alpha value is -0.620. The predicted octanol–water partition coefficient (Wildman–Crippen LogP) is -0.958. The van der Waals surface area contributed by atoms with Crippen LogP contribution in [-0.4, -0.2) is 44.5 Å². The zero-order valence-corrected chi connectivity index (χ0v) is 9.35. The van der Waals surface area contributed by atoms with Crippen molar-refractivity contribution < 1.29 is 13.2 Å². The molecule has 86 valence electrons. The maximum atomic E-state index is 11.7. The Morgan fingerprint density at radius 3 is 2.53 bits per heavy atom. The molecule has 1 amide bonds. The van der Waals surface area contributed by atoms with Gasteiger partial charge in [-0.2, -0.15) is 0 Å². The van der Waals surface area contributed by atoms with Gasteiger partial charge in [-0.1, -0.05) is 6.42 Å². The molecule has 2 fully saturated rings. The topological polar surface area (TPSA) is 75.3 Å². The number of sulfone groups is 1. The summed E-state index contributed by atoms with van der Waals surface area (Å²) in [6.45, 7) is 1.50. The third-order valence-corrected chi connectivity index (χ3v) is 5.17. The third-order valence-electron chi connectivity index (χ3n) is 3.00. The second-order valence-electron chi connectivity index (χ2n) is 4.22. The summed E-state index contributed by atoms with van der Waals surface area (Å²) < 4.78 is 23.3. The third kappa shape index (κ3) is 2.31. The average molecular weight is 232 g/mol. The first-order valence-electron chi connectivity index (χ1n) is 5.32. The highest BCUT2D eigenvalue weighted by molar-refractivity contribution is 7.92. The molecule has 1 unspecified atom stereocenters. The van der Waals surface area contributed by atoms with Gasteiger partial charge in [0, 0.05) is 13.1 Å². The van der Waals surface area contributed by atoms with E-state index in [0.717, 1.165) is 19.5 Å². The van der Waals surface area contributed by atoms with Gasteiger partial charge in [-0.3, -0.25) is 4.79 Å². The quantitative estimate of drug-likeness (QED) is 0.643. The van der Waals surface area contributed by atoms with Gasteiger partial charge in [0.05, 0.1) is 11.8 Å². The van der Waals surface area contributed by atoms with Crippen LogP contribution in [0, 0.1) is 0 Å². The van der Waals surface area contributed by atoms with Crippen LogP contribution in [0.3, 0.4) is 0 Å². The van der Waals surface area contributed by atoms with Crippen molar-refractivity contribution >= 4 is 15.7 Å². The molecule has 5 nitrogen and oxygen atoms in total. The SMILES string of the molecule is O=C(NC1CNC1)C1CCCCS1(=O)=O. The van der Waals surface area contributed by atoms with E-state index in [4.69, 9.17) is 0 Å². The molecule has 6 heteroatoms. The fraction of sp³-hybridized carbons (Fsp3) is 0.889. The summed E-state index contributed by atoms with van der Waals surface area (Å²) in [6, 6.07) is 0.120. The standard InChI is InChI=1S/C9H16N2O3S/c12-9(11-7-5-10-6-7)8-3-1-2-4-15(8,13)14/h7-8,10H,1-6H2,(H,11,12). The van der Waals surface area contributed by atoms with Crippen molar-refractivity contribution in [3.8, 4) is 0 Å². The molecule has 0 spiro atoms. The molecule has 0 aromatic rings. The van der Waals surface area contributed by atoms with Crippen LogP contribution in [0.1, 0.15) is 19.3 Å². The molecule has 0 aromatic heterocycles. The zero-order valence-electron chi connectivity index (χ0n) is 8.53. The summed E-state index contributed by atoms with van der Waals surface area (Å²) in [5.41, 5.74) is 0. The first-order chi connectivity index (χ1) is 7.09. The first kappa shape index (κ1) is 10.9. The molecule has 0 saturated carbocycles. The molecular weight excluding hydrogens is 216 g/mol. The maximum absolute atomic E-state index is 11.7. The summed E-state index contributed by atoms with van der Waals surface area (Å²) >= 11 is 0.